The maximum atomic E-state index is 9.10. The molecule has 0 aromatic heterocycles. The Morgan fingerprint density at radius 3 is 0.889 bits per heavy atom. The van der Waals surface area contributed by atoms with Crippen molar-refractivity contribution in [3.8, 4) is 0 Å². The molecule has 0 atom stereocenters. The molecule has 9 heavy (non-hydrogen) atoms. The zero-order valence-electron chi connectivity index (χ0n) is 6.30. The molecule has 3 heteroatoms. The van der Waals surface area contributed by atoms with Crippen LogP contribution in [0.1, 0.15) is 27.7 Å². The molecule has 2 nitrogen and oxygen atoms in total. The van der Waals surface area contributed by atoms with Crippen molar-refractivity contribution < 1.29 is 10.2 Å². The van der Waals surface area contributed by atoms with Crippen LogP contribution >= 0.6 is 17.0 Å². The summed E-state index contributed by atoms with van der Waals surface area (Å²) in [6, 6.07) is 0. The summed E-state index contributed by atoms with van der Waals surface area (Å²) in [6.07, 6.45) is 0. The van der Waals surface area contributed by atoms with Crippen molar-refractivity contribution in [2.24, 2.45) is 0 Å². The van der Waals surface area contributed by atoms with Gasteiger partial charge in [0.25, 0.3) is 0 Å². The molecule has 0 aromatic rings. The number of hydrogen-bond acceptors (Lipinski definition) is 2. The van der Waals surface area contributed by atoms with E-state index in [1.165, 1.54) is 0 Å². The molecule has 0 aliphatic carbocycles. The molecule has 0 fully saturated rings. The highest BCUT2D eigenvalue weighted by Gasteiger charge is 2.31. The summed E-state index contributed by atoms with van der Waals surface area (Å²) < 4.78 is 0. The standard InChI is InChI=1S/C6H14O2.BrH/c1-5(2,7)6(3,4)8;/h7-8H,1-4H3;1H. The number of halogens is 1. The predicted octanol–water partition coefficient (Wildman–Crippen LogP) is 1.11. The zero-order chi connectivity index (χ0) is 7.00. The third-order valence-electron chi connectivity index (χ3n) is 1.50. The second kappa shape index (κ2) is 2.99. The van der Waals surface area contributed by atoms with Crippen LogP contribution in [-0.2, 0) is 0 Å². The van der Waals surface area contributed by atoms with E-state index in [-0.39, 0.29) is 17.0 Å². The lowest BCUT2D eigenvalue weighted by molar-refractivity contribution is -0.107. The van der Waals surface area contributed by atoms with E-state index in [1.807, 2.05) is 0 Å². The van der Waals surface area contributed by atoms with Gasteiger partial charge in [-0.2, -0.15) is 0 Å². The summed E-state index contributed by atoms with van der Waals surface area (Å²) in [7, 11) is 0. The summed E-state index contributed by atoms with van der Waals surface area (Å²) in [4.78, 5) is 0. The molecule has 0 aromatic carbocycles. The highest BCUT2D eigenvalue weighted by Crippen LogP contribution is 2.18. The van der Waals surface area contributed by atoms with E-state index in [0.29, 0.717) is 0 Å². The Morgan fingerprint density at radius 2 is 0.889 bits per heavy atom. The van der Waals surface area contributed by atoms with Gasteiger partial charge >= 0.3 is 0 Å². The molecule has 0 bridgehead atoms. The maximum absolute atomic E-state index is 9.10. The molecule has 0 saturated heterocycles. The van der Waals surface area contributed by atoms with Crippen LogP contribution in [0.3, 0.4) is 0 Å². The van der Waals surface area contributed by atoms with Crippen LogP contribution in [-0.4, -0.2) is 21.4 Å². The molecular weight excluding hydrogens is 184 g/mol. The molecular formula is C6H15BrO2. The lowest BCUT2D eigenvalue weighted by Gasteiger charge is -2.31. The summed E-state index contributed by atoms with van der Waals surface area (Å²) >= 11 is 0. The van der Waals surface area contributed by atoms with Crippen molar-refractivity contribution in [1.82, 2.24) is 0 Å². The molecule has 2 N–H and O–H groups in total. The quantitative estimate of drug-likeness (QED) is 0.664. The molecule has 0 saturated carbocycles. The average molecular weight is 199 g/mol. The lowest BCUT2D eigenvalue weighted by Crippen LogP contribution is -2.44. The topological polar surface area (TPSA) is 40.5 Å². The summed E-state index contributed by atoms with van der Waals surface area (Å²) in [5.41, 5.74) is -2.01. The van der Waals surface area contributed by atoms with E-state index in [2.05, 4.69) is 0 Å². The number of aliphatic hydroxyl groups is 2. The van der Waals surface area contributed by atoms with E-state index >= 15 is 0 Å². The Balaban J connectivity index is 0. The van der Waals surface area contributed by atoms with Gasteiger partial charge in [-0.1, -0.05) is 0 Å². The first kappa shape index (κ1) is 12.1. The van der Waals surface area contributed by atoms with Gasteiger partial charge in [-0.3, -0.25) is 0 Å². The van der Waals surface area contributed by atoms with Crippen molar-refractivity contribution in [2.75, 3.05) is 0 Å². The Hall–Kier alpha value is 0.400. The molecule has 0 unspecified atom stereocenters. The SMILES string of the molecule is Br.CC(C)(O)C(C)(C)O. The van der Waals surface area contributed by atoms with Crippen LogP contribution in [0.5, 0.6) is 0 Å². The van der Waals surface area contributed by atoms with Gasteiger partial charge < -0.3 is 10.2 Å². The van der Waals surface area contributed by atoms with Gasteiger partial charge in [0, 0.05) is 0 Å². The van der Waals surface area contributed by atoms with Crippen molar-refractivity contribution in [1.29, 1.82) is 0 Å². The van der Waals surface area contributed by atoms with E-state index < -0.39 is 11.2 Å². The molecule has 0 radical (unpaired) electrons. The molecule has 0 spiro atoms. The highest BCUT2D eigenvalue weighted by atomic mass is 79.9. The van der Waals surface area contributed by atoms with Crippen LogP contribution in [0.15, 0.2) is 0 Å². The average Bonchev–Trinajstić information content (AvgIpc) is 1.25. The van der Waals surface area contributed by atoms with E-state index in [9.17, 15) is 0 Å². The van der Waals surface area contributed by atoms with Gasteiger partial charge in [0.05, 0.1) is 11.2 Å². The van der Waals surface area contributed by atoms with Gasteiger partial charge in [-0.25, -0.2) is 0 Å². The van der Waals surface area contributed by atoms with Gasteiger partial charge in [0.1, 0.15) is 0 Å². The van der Waals surface area contributed by atoms with Crippen LogP contribution in [0.2, 0.25) is 0 Å². The normalized spacial score (nSPS) is 12.7. The van der Waals surface area contributed by atoms with Crippen molar-refractivity contribution >= 4 is 17.0 Å². The molecule has 0 rings (SSSR count). The smallest absolute Gasteiger partial charge is 0.0872 e. The monoisotopic (exact) mass is 198 g/mol. The number of hydrogen-bond donors (Lipinski definition) is 2. The van der Waals surface area contributed by atoms with E-state index in [1.54, 1.807) is 27.7 Å². The molecule has 0 aliphatic heterocycles. The molecule has 0 aliphatic rings. The third-order valence-corrected chi connectivity index (χ3v) is 1.50. The van der Waals surface area contributed by atoms with Crippen molar-refractivity contribution in [3.63, 3.8) is 0 Å². The minimum atomic E-state index is -1.01. The summed E-state index contributed by atoms with van der Waals surface area (Å²) in [5.74, 6) is 0. The Labute approximate surface area is 66.7 Å². The first-order valence-corrected chi connectivity index (χ1v) is 2.70. The summed E-state index contributed by atoms with van der Waals surface area (Å²) in [5, 5.41) is 18.2. The highest BCUT2D eigenvalue weighted by molar-refractivity contribution is 8.93. The Bertz CT molecular complexity index is 66.0. The predicted molar refractivity (Wildman–Crippen MR) is 42.9 cm³/mol. The first-order chi connectivity index (χ1) is 3.25. The minimum absolute atomic E-state index is 0. The fraction of sp³-hybridized carbons (Fsp3) is 1.00. The van der Waals surface area contributed by atoms with Crippen LogP contribution in [0.4, 0.5) is 0 Å². The van der Waals surface area contributed by atoms with Crippen LogP contribution in [0, 0.1) is 0 Å². The van der Waals surface area contributed by atoms with Gasteiger partial charge in [0.2, 0.25) is 0 Å². The lowest BCUT2D eigenvalue weighted by atomic mass is 9.90. The van der Waals surface area contributed by atoms with E-state index in [4.69, 9.17) is 10.2 Å². The second-order valence-electron chi connectivity index (χ2n) is 3.12. The second-order valence-corrected chi connectivity index (χ2v) is 3.12. The third kappa shape index (κ3) is 3.89. The molecule has 0 heterocycles. The van der Waals surface area contributed by atoms with Crippen LogP contribution in [0.25, 0.3) is 0 Å². The number of rotatable bonds is 1. The Morgan fingerprint density at radius 1 is 0.778 bits per heavy atom. The molecule has 58 valence electrons. The van der Waals surface area contributed by atoms with Gasteiger partial charge in [0.15, 0.2) is 0 Å². The minimum Gasteiger partial charge on any atom is -0.387 e. The maximum Gasteiger partial charge on any atom is 0.0872 e. The van der Waals surface area contributed by atoms with E-state index in [0.717, 1.165) is 0 Å². The zero-order valence-corrected chi connectivity index (χ0v) is 8.02. The fourth-order valence-corrected chi connectivity index (χ4v) is 0. The fourth-order valence-electron chi connectivity index (χ4n) is 0. The van der Waals surface area contributed by atoms with Gasteiger partial charge in [-0.15, -0.1) is 17.0 Å². The van der Waals surface area contributed by atoms with Crippen LogP contribution < -0.4 is 0 Å². The van der Waals surface area contributed by atoms with Crippen molar-refractivity contribution in [3.05, 3.63) is 0 Å². The molecule has 0 amide bonds. The summed E-state index contributed by atoms with van der Waals surface area (Å²) in [6.45, 7) is 6.31. The van der Waals surface area contributed by atoms with Crippen molar-refractivity contribution in [2.45, 2.75) is 38.9 Å². The largest absolute Gasteiger partial charge is 0.387 e. The Kier molecular flexibility index (Phi) is 4.03. The first-order valence-electron chi connectivity index (χ1n) is 2.70. The van der Waals surface area contributed by atoms with Gasteiger partial charge in [-0.05, 0) is 27.7 Å².